The standard InChI is InChI=1S/C21H20F6.C9H20/c1-4-7-19(18-9-6-5-8-13(18)2)14(3)15-10-16(20(22,23)24)12-17(11-15)21(25,26)27;1-5-7-8-9(3,4)6-2/h5-6,8-12H,4,7H2,1-3H3;5-8H2,1-4H3/b19-14+;. The SMILES string of the molecule is CCC/C(=C(/C)c1cc(C(F)(F)F)cc(C(F)(F)F)c1)c1ccccc1C.CCCCC(C)(C)CC. The highest BCUT2D eigenvalue weighted by atomic mass is 19.4. The fraction of sp³-hybridized carbons (Fsp3) is 0.533. The molecule has 0 nitrogen and oxygen atoms in total. The second-order valence-corrected chi connectivity index (χ2v) is 10.1. The molecule has 6 heteroatoms. The van der Waals surface area contributed by atoms with Crippen molar-refractivity contribution < 1.29 is 26.3 Å². The minimum atomic E-state index is -4.86. The molecule has 0 N–H and O–H groups in total. The summed E-state index contributed by atoms with van der Waals surface area (Å²) >= 11 is 0. The van der Waals surface area contributed by atoms with E-state index in [-0.39, 0.29) is 11.6 Å². The molecule has 0 spiro atoms. The van der Waals surface area contributed by atoms with Gasteiger partial charge >= 0.3 is 12.4 Å². The van der Waals surface area contributed by atoms with Crippen LogP contribution in [0.4, 0.5) is 26.3 Å². The highest BCUT2D eigenvalue weighted by molar-refractivity contribution is 5.91. The zero-order valence-electron chi connectivity index (χ0n) is 22.6. The van der Waals surface area contributed by atoms with E-state index >= 15 is 0 Å². The Morgan fingerprint density at radius 3 is 1.72 bits per heavy atom. The molecule has 0 saturated heterocycles. The van der Waals surface area contributed by atoms with Crippen molar-refractivity contribution in [3.05, 3.63) is 70.3 Å². The van der Waals surface area contributed by atoms with Crippen LogP contribution in [0.5, 0.6) is 0 Å². The highest BCUT2D eigenvalue weighted by Gasteiger charge is 2.37. The van der Waals surface area contributed by atoms with E-state index in [1.165, 1.54) is 25.7 Å². The van der Waals surface area contributed by atoms with E-state index in [1.807, 2.05) is 32.0 Å². The summed E-state index contributed by atoms with van der Waals surface area (Å²) in [4.78, 5) is 0. The Labute approximate surface area is 212 Å². The number of benzene rings is 2. The summed E-state index contributed by atoms with van der Waals surface area (Å²) in [7, 11) is 0. The molecule has 0 aliphatic carbocycles. The molecule has 2 aromatic carbocycles. The lowest BCUT2D eigenvalue weighted by atomic mass is 9.85. The van der Waals surface area contributed by atoms with Gasteiger partial charge in [-0.15, -0.1) is 0 Å². The molecular weight excluding hydrogens is 474 g/mol. The van der Waals surface area contributed by atoms with Gasteiger partial charge in [0.15, 0.2) is 0 Å². The minimum absolute atomic E-state index is 0.0659. The Morgan fingerprint density at radius 1 is 0.778 bits per heavy atom. The topological polar surface area (TPSA) is 0 Å². The van der Waals surface area contributed by atoms with Crippen LogP contribution in [0, 0.1) is 12.3 Å². The lowest BCUT2D eigenvalue weighted by Gasteiger charge is -2.21. The van der Waals surface area contributed by atoms with Gasteiger partial charge in [0.1, 0.15) is 0 Å². The first kappa shape index (κ1) is 31.8. The van der Waals surface area contributed by atoms with Crippen molar-refractivity contribution in [1.29, 1.82) is 0 Å². The number of halogens is 6. The summed E-state index contributed by atoms with van der Waals surface area (Å²) in [5.74, 6) is 0. The van der Waals surface area contributed by atoms with Crippen molar-refractivity contribution in [2.75, 3.05) is 0 Å². The molecule has 2 aromatic rings. The zero-order valence-corrected chi connectivity index (χ0v) is 22.6. The van der Waals surface area contributed by atoms with Crippen LogP contribution >= 0.6 is 0 Å². The van der Waals surface area contributed by atoms with Crippen LogP contribution in [0.3, 0.4) is 0 Å². The largest absolute Gasteiger partial charge is 0.416 e. The normalized spacial score (nSPS) is 13.1. The number of allylic oxidation sites excluding steroid dienone is 2. The van der Waals surface area contributed by atoms with Crippen LogP contribution in [0.1, 0.15) is 108 Å². The highest BCUT2D eigenvalue weighted by Crippen LogP contribution is 2.39. The maximum Gasteiger partial charge on any atom is 0.416 e. The van der Waals surface area contributed by atoms with Crippen molar-refractivity contribution in [1.82, 2.24) is 0 Å². The Hall–Kier alpha value is -2.24. The van der Waals surface area contributed by atoms with Gasteiger partial charge in [0.05, 0.1) is 11.1 Å². The predicted octanol–water partition coefficient (Wildman–Crippen LogP) is 11.4. The van der Waals surface area contributed by atoms with Crippen molar-refractivity contribution in [3.63, 3.8) is 0 Å². The first-order chi connectivity index (χ1) is 16.6. The fourth-order valence-electron chi connectivity index (χ4n) is 3.86. The molecule has 0 atom stereocenters. The van der Waals surface area contributed by atoms with Gasteiger partial charge < -0.3 is 0 Å². The van der Waals surface area contributed by atoms with Gasteiger partial charge in [0, 0.05) is 0 Å². The van der Waals surface area contributed by atoms with Crippen molar-refractivity contribution in [2.45, 2.75) is 99.3 Å². The van der Waals surface area contributed by atoms with Crippen LogP contribution < -0.4 is 0 Å². The van der Waals surface area contributed by atoms with E-state index in [2.05, 4.69) is 27.7 Å². The van der Waals surface area contributed by atoms with Crippen LogP contribution in [0.25, 0.3) is 11.1 Å². The Kier molecular flexibility index (Phi) is 11.8. The average molecular weight is 515 g/mol. The molecule has 0 fully saturated rings. The van der Waals surface area contributed by atoms with E-state index in [4.69, 9.17) is 0 Å². The first-order valence-corrected chi connectivity index (χ1v) is 12.6. The lowest BCUT2D eigenvalue weighted by molar-refractivity contribution is -0.143. The molecule has 0 aliphatic heterocycles. The summed E-state index contributed by atoms with van der Waals surface area (Å²) in [5, 5.41) is 0. The Morgan fingerprint density at radius 2 is 1.31 bits per heavy atom. The predicted molar refractivity (Wildman–Crippen MR) is 139 cm³/mol. The molecule has 0 heterocycles. The van der Waals surface area contributed by atoms with Gasteiger partial charge in [-0.3, -0.25) is 0 Å². The van der Waals surface area contributed by atoms with Gasteiger partial charge in [-0.05, 0) is 78.1 Å². The number of hydrogen-bond donors (Lipinski definition) is 0. The molecule has 0 bridgehead atoms. The van der Waals surface area contributed by atoms with Gasteiger partial charge in [-0.25, -0.2) is 0 Å². The van der Waals surface area contributed by atoms with E-state index in [0.29, 0.717) is 23.8 Å². The molecule has 2 rings (SSSR count). The Balaban J connectivity index is 0.000000613. The van der Waals surface area contributed by atoms with E-state index in [9.17, 15) is 26.3 Å². The van der Waals surface area contributed by atoms with Crippen LogP contribution in [0.2, 0.25) is 0 Å². The molecular formula is C30H40F6. The molecule has 0 saturated carbocycles. The third-order valence-electron chi connectivity index (χ3n) is 6.61. The minimum Gasteiger partial charge on any atom is -0.166 e. The van der Waals surface area contributed by atoms with Gasteiger partial charge in [-0.1, -0.05) is 84.6 Å². The summed E-state index contributed by atoms with van der Waals surface area (Å²) in [6.07, 6.45) is -3.02. The van der Waals surface area contributed by atoms with Crippen LogP contribution in [0.15, 0.2) is 42.5 Å². The monoisotopic (exact) mass is 514 g/mol. The van der Waals surface area contributed by atoms with Crippen molar-refractivity contribution in [2.24, 2.45) is 5.41 Å². The maximum atomic E-state index is 13.2. The lowest BCUT2D eigenvalue weighted by Crippen LogP contribution is -2.11. The van der Waals surface area contributed by atoms with Gasteiger partial charge in [-0.2, -0.15) is 26.3 Å². The second kappa shape index (κ2) is 13.3. The summed E-state index contributed by atoms with van der Waals surface area (Å²) < 4.78 is 78.9. The molecule has 0 unspecified atom stereocenters. The van der Waals surface area contributed by atoms with Crippen LogP contribution in [-0.4, -0.2) is 0 Å². The molecule has 0 aliphatic rings. The molecule has 202 valence electrons. The van der Waals surface area contributed by atoms with E-state index in [0.717, 1.165) is 28.8 Å². The van der Waals surface area contributed by atoms with Gasteiger partial charge in [0.2, 0.25) is 0 Å². The molecule has 0 amide bonds. The Bertz CT molecular complexity index is 961. The van der Waals surface area contributed by atoms with E-state index in [1.54, 1.807) is 13.0 Å². The fourth-order valence-corrected chi connectivity index (χ4v) is 3.86. The van der Waals surface area contributed by atoms with Crippen LogP contribution in [-0.2, 0) is 12.4 Å². The number of aryl methyl sites for hydroxylation is 1. The van der Waals surface area contributed by atoms with Crippen molar-refractivity contribution in [3.8, 4) is 0 Å². The average Bonchev–Trinajstić information content (AvgIpc) is 2.80. The summed E-state index contributed by atoms with van der Waals surface area (Å²) in [5.41, 5.74) is 0.858. The van der Waals surface area contributed by atoms with Crippen molar-refractivity contribution >= 4 is 11.1 Å². The molecule has 0 aromatic heterocycles. The smallest absolute Gasteiger partial charge is 0.166 e. The quantitative estimate of drug-likeness (QED) is 0.243. The third-order valence-corrected chi connectivity index (χ3v) is 6.61. The number of hydrogen-bond acceptors (Lipinski definition) is 0. The zero-order chi connectivity index (χ0) is 27.7. The summed E-state index contributed by atoms with van der Waals surface area (Å²) in [6.45, 7) is 14.6. The van der Waals surface area contributed by atoms with Gasteiger partial charge in [0.25, 0.3) is 0 Å². The molecule has 0 radical (unpaired) electrons. The summed E-state index contributed by atoms with van der Waals surface area (Å²) in [6, 6.07) is 9.08. The first-order valence-electron chi connectivity index (χ1n) is 12.6. The van der Waals surface area contributed by atoms with E-state index < -0.39 is 23.5 Å². The second-order valence-electron chi connectivity index (χ2n) is 10.1. The number of unbranched alkanes of at least 4 members (excludes halogenated alkanes) is 1. The number of rotatable bonds is 8. The molecule has 36 heavy (non-hydrogen) atoms. The number of alkyl halides is 6. The third kappa shape index (κ3) is 9.67. The maximum absolute atomic E-state index is 13.2.